The quantitative estimate of drug-likeness (QED) is 0.271. The van der Waals surface area contributed by atoms with Gasteiger partial charge >= 0.3 is 11.9 Å². The average molecular weight is 532 g/mol. The maximum Gasteiger partial charge on any atom is 0.348 e. The molecule has 196 valence electrons. The molecule has 0 spiro atoms. The van der Waals surface area contributed by atoms with Crippen molar-refractivity contribution in [1.29, 1.82) is 0 Å². The number of nitrogens with zero attached hydrogens (tertiary/aromatic N) is 2. The monoisotopic (exact) mass is 531 g/mol. The zero-order valence-electron chi connectivity index (χ0n) is 21.9. The number of anilines is 1. The summed E-state index contributed by atoms with van der Waals surface area (Å²) in [5.41, 5.74) is 3.58. The SMILES string of the molecule is CCOC(=O)c1sc(NC(=O)c2c(-c3ccccc3)nn(-c3ccccc3)c2C)c(C(=O)OC(C)C)c1C. The van der Waals surface area contributed by atoms with Gasteiger partial charge in [-0.3, -0.25) is 4.79 Å². The number of aromatic nitrogens is 2. The second-order valence-electron chi connectivity index (χ2n) is 8.81. The lowest BCUT2D eigenvalue weighted by Gasteiger charge is -2.11. The number of carbonyl (C=O) groups excluding carboxylic acids is 3. The lowest BCUT2D eigenvalue weighted by molar-refractivity contribution is 0.0379. The summed E-state index contributed by atoms with van der Waals surface area (Å²) in [6, 6.07) is 18.9. The van der Waals surface area contributed by atoms with Gasteiger partial charge in [-0.05, 0) is 52.3 Å². The molecule has 0 fully saturated rings. The molecular formula is C29H29N3O5S. The van der Waals surface area contributed by atoms with E-state index in [4.69, 9.17) is 14.6 Å². The predicted molar refractivity (Wildman–Crippen MR) is 147 cm³/mol. The van der Waals surface area contributed by atoms with E-state index >= 15 is 0 Å². The molecule has 0 radical (unpaired) electrons. The lowest BCUT2D eigenvalue weighted by atomic mass is 10.1. The van der Waals surface area contributed by atoms with Crippen molar-refractivity contribution in [3.63, 3.8) is 0 Å². The summed E-state index contributed by atoms with van der Waals surface area (Å²) in [7, 11) is 0. The van der Waals surface area contributed by atoms with Gasteiger partial charge in [-0.25, -0.2) is 14.3 Å². The van der Waals surface area contributed by atoms with Crippen LogP contribution in [0, 0.1) is 13.8 Å². The highest BCUT2D eigenvalue weighted by Crippen LogP contribution is 2.36. The summed E-state index contributed by atoms with van der Waals surface area (Å²) in [6.07, 6.45) is -0.382. The highest BCUT2D eigenvalue weighted by atomic mass is 32.1. The molecule has 0 atom stereocenters. The van der Waals surface area contributed by atoms with Gasteiger partial charge in [0.05, 0.1) is 35.2 Å². The van der Waals surface area contributed by atoms with Crippen molar-refractivity contribution in [2.75, 3.05) is 11.9 Å². The Morgan fingerprint density at radius 3 is 2.18 bits per heavy atom. The van der Waals surface area contributed by atoms with Gasteiger partial charge in [0, 0.05) is 5.56 Å². The van der Waals surface area contributed by atoms with Crippen LogP contribution < -0.4 is 5.32 Å². The van der Waals surface area contributed by atoms with Crippen LogP contribution in [0.4, 0.5) is 5.00 Å². The molecule has 0 saturated heterocycles. The van der Waals surface area contributed by atoms with E-state index < -0.39 is 17.8 Å². The van der Waals surface area contributed by atoms with Crippen LogP contribution in [0.15, 0.2) is 60.7 Å². The average Bonchev–Trinajstić information content (AvgIpc) is 3.41. The molecule has 2 aromatic carbocycles. The Labute approximate surface area is 225 Å². The number of rotatable bonds is 8. The molecule has 0 aliphatic heterocycles. The molecule has 9 heteroatoms. The van der Waals surface area contributed by atoms with Crippen molar-refractivity contribution in [3.8, 4) is 16.9 Å². The molecule has 0 aliphatic carbocycles. The first-order valence-electron chi connectivity index (χ1n) is 12.3. The first kappa shape index (κ1) is 26.8. The minimum Gasteiger partial charge on any atom is -0.462 e. The third-order valence-corrected chi connectivity index (χ3v) is 6.96. The lowest BCUT2D eigenvalue weighted by Crippen LogP contribution is -2.18. The summed E-state index contributed by atoms with van der Waals surface area (Å²) in [6.45, 7) is 8.81. The van der Waals surface area contributed by atoms with Gasteiger partial charge in [0.15, 0.2) is 0 Å². The Hall–Kier alpha value is -4.24. The van der Waals surface area contributed by atoms with Crippen molar-refractivity contribution >= 4 is 34.2 Å². The van der Waals surface area contributed by atoms with Crippen molar-refractivity contribution in [1.82, 2.24) is 9.78 Å². The van der Waals surface area contributed by atoms with E-state index in [-0.39, 0.29) is 28.2 Å². The number of para-hydroxylation sites is 1. The summed E-state index contributed by atoms with van der Waals surface area (Å²) in [4.78, 5) is 39.7. The van der Waals surface area contributed by atoms with Gasteiger partial charge in [-0.1, -0.05) is 48.5 Å². The van der Waals surface area contributed by atoms with Crippen LogP contribution in [0.5, 0.6) is 0 Å². The number of hydrogen-bond acceptors (Lipinski definition) is 7. The molecule has 0 bridgehead atoms. The fourth-order valence-electron chi connectivity index (χ4n) is 4.07. The Balaban J connectivity index is 1.82. The van der Waals surface area contributed by atoms with Crippen molar-refractivity contribution in [2.45, 2.75) is 40.7 Å². The first-order chi connectivity index (χ1) is 18.2. The maximum absolute atomic E-state index is 13.9. The van der Waals surface area contributed by atoms with E-state index in [9.17, 15) is 14.4 Å². The number of carbonyl (C=O) groups is 3. The second kappa shape index (κ2) is 11.4. The van der Waals surface area contributed by atoms with Crippen molar-refractivity contribution in [3.05, 3.63) is 87.9 Å². The van der Waals surface area contributed by atoms with E-state index in [1.54, 1.807) is 32.4 Å². The summed E-state index contributed by atoms with van der Waals surface area (Å²) < 4.78 is 12.3. The number of thiophene rings is 1. The van der Waals surface area contributed by atoms with Crippen molar-refractivity contribution < 1.29 is 23.9 Å². The summed E-state index contributed by atoms with van der Waals surface area (Å²) >= 11 is 0.989. The molecule has 2 heterocycles. The molecule has 2 aromatic heterocycles. The van der Waals surface area contributed by atoms with E-state index in [0.29, 0.717) is 22.5 Å². The largest absolute Gasteiger partial charge is 0.462 e. The van der Waals surface area contributed by atoms with E-state index in [0.717, 1.165) is 22.6 Å². The van der Waals surface area contributed by atoms with Gasteiger partial charge in [0.1, 0.15) is 15.6 Å². The molecule has 1 amide bonds. The summed E-state index contributed by atoms with van der Waals surface area (Å²) in [5.74, 6) is -1.65. The molecule has 0 unspecified atom stereocenters. The van der Waals surface area contributed by atoms with Crippen LogP contribution >= 0.6 is 11.3 Å². The highest BCUT2D eigenvalue weighted by Gasteiger charge is 2.30. The Morgan fingerprint density at radius 1 is 0.947 bits per heavy atom. The van der Waals surface area contributed by atoms with Crippen LogP contribution in [0.3, 0.4) is 0 Å². The number of esters is 2. The second-order valence-corrected chi connectivity index (χ2v) is 9.83. The molecule has 0 saturated carbocycles. The van der Waals surface area contributed by atoms with E-state index in [1.807, 2.05) is 67.6 Å². The minimum absolute atomic E-state index is 0.134. The van der Waals surface area contributed by atoms with Gasteiger partial charge in [0.25, 0.3) is 5.91 Å². The Bertz CT molecular complexity index is 1470. The van der Waals surface area contributed by atoms with Crippen LogP contribution in [0.1, 0.15) is 62.4 Å². The molecular weight excluding hydrogens is 502 g/mol. The fraction of sp³-hybridized carbons (Fsp3) is 0.241. The molecule has 0 aliphatic rings. The van der Waals surface area contributed by atoms with Crippen LogP contribution in [-0.4, -0.2) is 40.3 Å². The van der Waals surface area contributed by atoms with Gasteiger partial charge in [-0.15, -0.1) is 11.3 Å². The summed E-state index contributed by atoms with van der Waals surface area (Å²) in [5, 5.41) is 7.87. The fourth-order valence-corrected chi connectivity index (χ4v) is 5.15. The highest BCUT2D eigenvalue weighted by molar-refractivity contribution is 7.18. The predicted octanol–water partition coefficient (Wildman–Crippen LogP) is 6.21. The first-order valence-corrected chi connectivity index (χ1v) is 13.1. The molecule has 4 aromatic rings. The van der Waals surface area contributed by atoms with E-state index in [2.05, 4.69) is 5.32 Å². The number of ether oxygens (including phenoxy) is 2. The van der Waals surface area contributed by atoms with E-state index in [1.165, 1.54) is 0 Å². The zero-order valence-corrected chi connectivity index (χ0v) is 22.7. The smallest absolute Gasteiger partial charge is 0.348 e. The standard InChI is InChI=1S/C29H29N3O5S/c1-6-36-29(35)25-18(4)22(28(34)37-17(2)3)27(38-25)30-26(33)23-19(5)32(21-15-11-8-12-16-21)31-24(23)20-13-9-7-10-14-20/h7-17H,6H2,1-5H3,(H,30,33). The minimum atomic E-state index is -0.625. The maximum atomic E-state index is 13.9. The van der Waals surface area contributed by atoms with Crippen LogP contribution in [-0.2, 0) is 9.47 Å². The Morgan fingerprint density at radius 2 is 1.58 bits per heavy atom. The number of nitrogens with one attached hydrogen (secondary N) is 1. The third-order valence-electron chi connectivity index (χ3n) is 5.77. The number of hydrogen-bond donors (Lipinski definition) is 1. The zero-order chi connectivity index (χ0) is 27.4. The molecule has 38 heavy (non-hydrogen) atoms. The van der Waals surface area contributed by atoms with Crippen LogP contribution in [0.25, 0.3) is 16.9 Å². The number of amides is 1. The molecule has 8 nitrogen and oxygen atoms in total. The van der Waals surface area contributed by atoms with Crippen LogP contribution in [0.2, 0.25) is 0 Å². The third kappa shape index (κ3) is 5.38. The van der Waals surface area contributed by atoms with Gasteiger partial charge in [-0.2, -0.15) is 5.10 Å². The van der Waals surface area contributed by atoms with Gasteiger partial charge in [0.2, 0.25) is 0 Å². The molecule has 1 N–H and O–H groups in total. The normalized spacial score (nSPS) is 10.9. The van der Waals surface area contributed by atoms with Gasteiger partial charge < -0.3 is 14.8 Å². The number of benzene rings is 2. The molecule has 4 rings (SSSR count). The topological polar surface area (TPSA) is 99.5 Å². The Kier molecular flexibility index (Phi) is 8.07. The van der Waals surface area contributed by atoms with Crippen molar-refractivity contribution in [2.24, 2.45) is 0 Å².